The molecule has 3 heterocycles. The van der Waals surface area contributed by atoms with Crippen molar-refractivity contribution in [3.63, 3.8) is 0 Å². The summed E-state index contributed by atoms with van der Waals surface area (Å²) in [6, 6.07) is 3.95. The number of hydrogen-bond donors (Lipinski definition) is 1. The van der Waals surface area contributed by atoms with Gasteiger partial charge in [-0.1, -0.05) is 0 Å². The van der Waals surface area contributed by atoms with Gasteiger partial charge in [-0.05, 0) is 29.7 Å². The van der Waals surface area contributed by atoms with Crippen LogP contribution in [0.4, 0.5) is 0 Å². The lowest BCUT2D eigenvalue weighted by Gasteiger charge is -2.19. The fourth-order valence-electron chi connectivity index (χ4n) is 2.23. The van der Waals surface area contributed by atoms with Crippen LogP contribution in [-0.2, 0) is 17.7 Å². The summed E-state index contributed by atoms with van der Waals surface area (Å²) in [6.07, 6.45) is 6.19. The van der Waals surface area contributed by atoms with Gasteiger partial charge in [-0.25, -0.2) is 0 Å². The highest BCUT2D eigenvalue weighted by Crippen LogP contribution is 2.25. The van der Waals surface area contributed by atoms with E-state index < -0.39 is 0 Å². The third-order valence-corrected chi connectivity index (χ3v) is 3.13. The van der Waals surface area contributed by atoms with Gasteiger partial charge in [0.25, 0.3) is 0 Å². The molecule has 3 rings (SSSR count). The predicted octanol–water partition coefficient (Wildman–Crippen LogP) is 0.933. The van der Waals surface area contributed by atoms with Crippen molar-refractivity contribution in [1.29, 1.82) is 0 Å². The molecule has 0 aliphatic carbocycles. The van der Waals surface area contributed by atoms with E-state index in [4.69, 9.17) is 4.74 Å². The minimum atomic E-state index is -0.271. The molecule has 0 saturated carbocycles. The summed E-state index contributed by atoms with van der Waals surface area (Å²) in [6.45, 7) is 1.35. The van der Waals surface area contributed by atoms with Crippen LogP contribution in [0.3, 0.4) is 0 Å². The van der Waals surface area contributed by atoms with E-state index in [1.165, 1.54) is 5.56 Å². The molecule has 1 N–H and O–H groups in total. The molecule has 18 heavy (non-hydrogen) atoms. The third-order valence-electron chi connectivity index (χ3n) is 3.13. The standard InChI is InChI=1S/C13H15N3O2/c17-9-12-13-11(3-6-18-12)8-16(15-13)7-10-1-4-14-5-2-10/h1-2,4-5,8,12,17H,3,6-7,9H2/t12-/m1/s1. The van der Waals surface area contributed by atoms with Gasteiger partial charge in [0.15, 0.2) is 0 Å². The Hall–Kier alpha value is -1.72. The Morgan fingerprint density at radius 3 is 3.00 bits per heavy atom. The van der Waals surface area contributed by atoms with Gasteiger partial charge in [-0.15, -0.1) is 0 Å². The van der Waals surface area contributed by atoms with Crippen LogP contribution in [0.2, 0.25) is 0 Å². The van der Waals surface area contributed by atoms with Crippen molar-refractivity contribution < 1.29 is 9.84 Å². The van der Waals surface area contributed by atoms with Gasteiger partial charge in [0.05, 0.1) is 25.5 Å². The van der Waals surface area contributed by atoms with Gasteiger partial charge in [0, 0.05) is 18.6 Å². The van der Waals surface area contributed by atoms with E-state index >= 15 is 0 Å². The Kier molecular flexibility index (Phi) is 3.08. The van der Waals surface area contributed by atoms with Crippen LogP contribution in [0, 0.1) is 0 Å². The number of hydrogen-bond acceptors (Lipinski definition) is 4. The molecule has 94 valence electrons. The molecule has 0 fully saturated rings. The molecule has 0 aromatic carbocycles. The molecule has 0 unspecified atom stereocenters. The monoisotopic (exact) mass is 245 g/mol. The van der Waals surface area contributed by atoms with E-state index in [9.17, 15) is 5.11 Å². The lowest BCUT2D eigenvalue weighted by atomic mass is 10.1. The summed E-state index contributed by atoms with van der Waals surface area (Å²) < 4.78 is 7.38. The van der Waals surface area contributed by atoms with E-state index in [-0.39, 0.29) is 12.7 Å². The molecule has 5 nitrogen and oxygen atoms in total. The van der Waals surface area contributed by atoms with E-state index in [0.717, 1.165) is 17.7 Å². The molecule has 0 saturated heterocycles. The van der Waals surface area contributed by atoms with Crippen molar-refractivity contribution in [2.75, 3.05) is 13.2 Å². The van der Waals surface area contributed by atoms with Crippen LogP contribution in [-0.4, -0.2) is 33.1 Å². The van der Waals surface area contributed by atoms with Crippen molar-refractivity contribution in [3.05, 3.63) is 47.5 Å². The van der Waals surface area contributed by atoms with Crippen molar-refractivity contribution in [2.45, 2.75) is 19.1 Å². The molecule has 1 aliphatic rings. The van der Waals surface area contributed by atoms with Crippen LogP contribution in [0.15, 0.2) is 30.7 Å². The van der Waals surface area contributed by atoms with Gasteiger partial charge < -0.3 is 9.84 Å². The Morgan fingerprint density at radius 1 is 1.39 bits per heavy atom. The number of aromatic nitrogens is 3. The maximum atomic E-state index is 9.25. The first-order valence-corrected chi connectivity index (χ1v) is 6.04. The molecule has 0 radical (unpaired) electrons. The third kappa shape index (κ3) is 2.14. The van der Waals surface area contributed by atoms with Crippen LogP contribution >= 0.6 is 0 Å². The Bertz CT molecular complexity index is 524. The SMILES string of the molecule is OC[C@H]1OCCc2cn(Cc3ccncc3)nc21. The average molecular weight is 245 g/mol. The number of rotatable bonds is 3. The second-order valence-corrected chi connectivity index (χ2v) is 4.38. The highest BCUT2D eigenvalue weighted by Gasteiger charge is 2.23. The van der Waals surface area contributed by atoms with Gasteiger partial charge in [0.1, 0.15) is 6.10 Å². The molecule has 0 amide bonds. The first-order chi connectivity index (χ1) is 8.86. The molecule has 0 spiro atoms. The Morgan fingerprint density at radius 2 is 2.22 bits per heavy atom. The Labute approximate surface area is 105 Å². The zero-order chi connectivity index (χ0) is 12.4. The molecule has 1 aliphatic heterocycles. The molecular weight excluding hydrogens is 230 g/mol. The fourth-order valence-corrected chi connectivity index (χ4v) is 2.23. The summed E-state index contributed by atoms with van der Waals surface area (Å²) in [5.74, 6) is 0. The van der Waals surface area contributed by atoms with Crippen LogP contribution in [0.25, 0.3) is 0 Å². The van der Waals surface area contributed by atoms with Crippen LogP contribution in [0.5, 0.6) is 0 Å². The van der Waals surface area contributed by atoms with Crippen LogP contribution in [0.1, 0.15) is 22.9 Å². The number of nitrogens with zero attached hydrogens (tertiary/aromatic N) is 3. The minimum Gasteiger partial charge on any atom is -0.393 e. The molecule has 5 heteroatoms. The van der Waals surface area contributed by atoms with Gasteiger partial charge in [-0.3, -0.25) is 9.67 Å². The predicted molar refractivity (Wildman–Crippen MR) is 65.0 cm³/mol. The largest absolute Gasteiger partial charge is 0.393 e. The molecule has 2 aromatic rings. The summed E-state index contributed by atoms with van der Waals surface area (Å²) in [5, 5.41) is 13.8. The molecule has 2 aromatic heterocycles. The number of pyridine rings is 1. The molecule has 0 bridgehead atoms. The average Bonchev–Trinajstić information content (AvgIpc) is 2.82. The number of aliphatic hydroxyl groups is 1. The minimum absolute atomic E-state index is 0.0146. The zero-order valence-corrected chi connectivity index (χ0v) is 9.99. The highest BCUT2D eigenvalue weighted by atomic mass is 16.5. The van der Waals surface area contributed by atoms with Gasteiger partial charge >= 0.3 is 0 Å². The maximum Gasteiger partial charge on any atom is 0.124 e. The maximum absolute atomic E-state index is 9.25. The fraction of sp³-hybridized carbons (Fsp3) is 0.385. The quantitative estimate of drug-likeness (QED) is 0.874. The van der Waals surface area contributed by atoms with E-state index in [1.54, 1.807) is 12.4 Å². The smallest absolute Gasteiger partial charge is 0.124 e. The highest BCUT2D eigenvalue weighted by molar-refractivity contribution is 5.23. The van der Waals surface area contributed by atoms with Crippen molar-refractivity contribution >= 4 is 0 Å². The summed E-state index contributed by atoms with van der Waals surface area (Å²) in [4.78, 5) is 3.99. The van der Waals surface area contributed by atoms with E-state index in [2.05, 4.69) is 10.1 Å². The van der Waals surface area contributed by atoms with Crippen molar-refractivity contribution in [2.24, 2.45) is 0 Å². The summed E-state index contributed by atoms with van der Waals surface area (Å²) in [7, 11) is 0. The zero-order valence-electron chi connectivity index (χ0n) is 9.99. The van der Waals surface area contributed by atoms with Crippen molar-refractivity contribution in [3.8, 4) is 0 Å². The van der Waals surface area contributed by atoms with Crippen LogP contribution < -0.4 is 0 Å². The molecule has 1 atom stereocenters. The second-order valence-electron chi connectivity index (χ2n) is 4.38. The van der Waals surface area contributed by atoms with Gasteiger partial charge in [-0.2, -0.15) is 5.10 Å². The molecular formula is C13H15N3O2. The Balaban J connectivity index is 1.84. The normalized spacial score (nSPS) is 18.6. The number of ether oxygens (including phenoxy) is 1. The summed E-state index contributed by atoms with van der Waals surface area (Å²) in [5.41, 5.74) is 3.21. The number of fused-ring (bicyclic) bond motifs is 1. The lowest BCUT2D eigenvalue weighted by Crippen LogP contribution is -2.18. The first-order valence-electron chi connectivity index (χ1n) is 6.04. The van der Waals surface area contributed by atoms with Crippen molar-refractivity contribution in [1.82, 2.24) is 14.8 Å². The number of aliphatic hydroxyl groups excluding tert-OH is 1. The van der Waals surface area contributed by atoms with E-state index in [1.807, 2.05) is 23.0 Å². The van der Waals surface area contributed by atoms with E-state index in [0.29, 0.717) is 13.2 Å². The first kappa shape index (κ1) is 11.4. The summed E-state index contributed by atoms with van der Waals surface area (Å²) >= 11 is 0. The lowest BCUT2D eigenvalue weighted by molar-refractivity contribution is 0.000440. The van der Waals surface area contributed by atoms with Gasteiger partial charge in [0.2, 0.25) is 0 Å². The topological polar surface area (TPSA) is 60.2 Å². The second kappa shape index (κ2) is 4.88.